The first-order valence-corrected chi connectivity index (χ1v) is 11.4. The topological polar surface area (TPSA) is 79.4 Å². The summed E-state index contributed by atoms with van der Waals surface area (Å²) in [5.74, 6) is -1.20. The molecule has 1 atom stereocenters. The Balaban J connectivity index is 1.30. The van der Waals surface area contributed by atoms with E-state index < -0.39 is 11.6 Å². The summed E-state index contributed by atoms with van der Waals surface area (Å²) in [5, 5.41) is 5.87. The van der Waals surface area contributed by atoms with Gasteiger partial charge in [0.2, 0.25) is 0 Å². The molecule has 1 spiro atoms. The van der Waals surface area contributed by atoms with Gasteiger partial charge in [-0.15, -0.1) is 0 Å². The Labute approximate surface area is 195 Å². The molecule has 7 nitrogen and oxygen atoms in total. The van der Waals surface area contributed by atoms with Crippen molar-refractivity contribution < 1.29 is 18.3 Å². The van der Waals surface area contributed by atoms with E-state index in [0.29, 0.717) is 22.8 Å². The number of carbonyl (C=O) groups is 1. The van der Waals surface area contributed by atoms with Crippen LogP contribution in [0.15, 0.2) is 42.6 Å². The van der Waals surface area contributed by atoms with Gasteiger partial charge in [0.1, 0.15) is 17.5 Å². The predicted octanol–water partition coefficient (Wildman–Crippen LogP) is 4.17. The number of halogens is 2. The van der Waals surface area contributed by atoms with E-state index in [9.17, 15) is 13.6 Å². The molecule has 9 heteroatoms. The number of anilines is 3. The molecule has 3 aliphatic rings. The van der Waals surface area contributed by atoms with Crippen LogP contribution < -0.4 is 15.5 Å². The number of piperidine rings is 1. The maximum absolute atomic E-state index is 14.4. The van der Waals surface area contributed by atoms with Gasteiger partial charge in [-0.3, -0.25) is 4.79 Å². The normalized spacial score (nSPS) is 21.2. The average Bonchev–Trinajstić information content (AvgIpc) is 3.19. The summed E-state index contributed by atoms with van der Waals surface area (Å²) < 4.78 is 34.7. The number of aromatic nitrogens is 2. The fourth-order valence-electron chi connectivity index (χ4n) is 5.02. The van der Waals surface area contributed by atoms with Crippen molar-refractivity contribution in [3.8, 4) is 11.3 Å². The lowest BCUT2D eigenvalue weighted by atomic mass is 9.86. The Morgan fingerprint density at radius 2 is 1.94 bits per heavy atom. The third kappa shape index (κ3) is 3.56. The number of amides is 1. The van der Waals surface area contributed by atoms with Crippen molar-refractivity contribution in [3.05, 3.63) is 65.5 Å². The van der Waals surface area contributed by atoms with E-state index in [4.69, 9.17) is 4.74 Å². The molecule has 3 aliphatic heterocycles. The first-order chi connectivity index (χ1) is 16.5. The molecule has 0 bridgehead atoms. The van der Waals surface area contributed by atoms with Gasteiger partial charge in [0.25, 0.3) is 5.91 Å². The van der Waals surface area contributed by atoms with E-state index in [0.717, 1.165) is 44.6 Å². The Morgan fingerprint density at radius 3 is 2.65 bits per heavy atom. The summed E-state index contributed by atoms with van der Waals surface area (Å²) in [6.07, 6.45) is 5.06. The lowest BCUT2D eigenvalue weighted by Gasteiger charge is -2.49. The molecular weight excluding hydrogens is 440 g/mol. The summed E-state index contributed by atoms with van der Waals surface area (Å²) in [7, 11) is 0. The number of hydrogen-bond donors (Lipinski definition) is 2. The number of carbonyl (C=O) groups excluding carboxylic acids is 1. The largest absolute Gasteiger partial charge is 0.373 e. The molecule has 1 amide bonds. The molecule has 6 rings (SSSR count). The third-order valence-electron chi connectivity index (χ3n) is 6.84. The molecule has 2 saturated heterocycles. The second kappa shape index (κ2) is 8.02. The average molecular weight is 463 g/mol. The Kier molecular flexibility index (Phi) is 4.95. The van der Waals surface area contributed by atoms with Crippen molar-refractivity contribution >= 4 is 23.1 Å². The fraction of sp³-hybridized carbons (Fsp3) is 0.320. The second-order valence-corrected chi connectivity index (χ2v) is 8.99. The summed E-state index contributed by atoms with van der Waals surface area (Å²) in [5.41, 5.74) is 2.07. The van der Waals surface area contributed by atoms with Gasteiger partial charge in [-0.2, -0.15) is 0 Å². The molecule has 0 aliphatic carbocycles. The highest BCUT2D eigenvalue weighted by molar-refractivity contribution is 6.04. The number of benzene rings is 1. The third-order valence-corrected chi connectivity index (χ3v) is 6.84. The zero-order valence-electron chi connectivity index (χ0n) is 18.4. The van der Waals surface area contributed by atoms with Gasteiger partial charge >= 0.3 is 0 Å². The van der Waals surface area contributed by atoms with Crippen LogP contribution in [0.4, 0.5) is 26.0 Å². The minimum Gasteiger partial charge on any atom is -0.373 e. The molecule has 2 aromatic heterocycles. The van der Waals surface area contributed by atoms with Crippen LogP contribution >= 0.6 is 0 Å². The van der Waals surface area contributed by atoms with E-state index >= 15 is 0 Å². The maximum Gasteiger partial charge on any atom is 0.255 e. The number of rotatable bonds is 4. The number of nitrogens with one attached hydrogen (secondary N) is 2. The summed E-state index contributed by atoms with van der Waals surface area (Å²) in [6.45, 7) is 2.83. The van der Waals surface area contributed by atoms with Crippen molar-refractivity contribution in [2.24, 2.45) is 0 Å². The smallest absolute Gasteiger partial charge is 0.255 e. The molecule has 0 radical (unpaired) electrons. The SMILES string of the molecule is O=C1NCc2nc(-c3c(F)cccc3F)cc(Nc3ccc(N4CCC[C@@]5(CCO5)C4)cn3)c21. The highest BCUT2D eigenvalue weighted by Crippen LogP contribution is 2.37. The standard InChI is InChI=1S/C25H23F2N5O2/c26-16-3-1-4-17(27)22(16)18-11-19(23-20(30-18)13-29-24(23)33)31-21-6-5-15(12-28-21)32-9-2-7-25(14-32)8-10-34-25/h1,3-6,11-12H,2,7-10,13-14H2,(H,29,33)(H,28,30,31)/t25-/m1/s1. The Hall–Kier alpha value is -3.59. The van der Waals surface area contributed by atoms with Crippen molar-refractivity contribution in [2.45, 2.75) is 31.4 Å². The van der Waals surface area contributed by atoms with Crippen LogP contribution in [0.5, 0.6) is 0 Å². The van der Waals surface area contributed by atoms with Gasteiger partial charge in [-0.05, 0) is 43.2 Å². The Bertz CT molecular complexity index is 1260. The summed E-state index contributed by atoms with van der Waals surface area (Å²) in [4.78, 5) is 23.6. The zero-order chi connectivity index (χ0) is 23.3. The highest BCUT2D eigenvalue weighted by atomic mass is 19.1. The minimum absolute atomic E-state index is 0.0154. The van der Waals surface area contributed by atoms with Gasteiger partial charge < -0.3 is 20.3 Å². The first-order valence-electron chi connectivity index (χ1n) is 11.4. The number of ether oxygens (including phenoxy) is 1. The summed E-state index contributed by atoms with van der Waals surface area (Å²) in [6, 6.07) is 8.97. The van der Waals surface area contributed by atoms with Crippen LogP contribution in [-0.4, -0.2) is 41.2 Å². The van der Waals surface area contributed by atoms with Crippen LogP contribution in [0.25, 0.3) is 11.3 Å². The van der Waals surface area contributed by atoms with Crippen LogP contribution in [0, 0.1) is 11.6 Å². The van der Waals surface area contributed by atoms with Crippen molar-refractivity contribution in [2.75, 3.05) is 29.9 Å². The van der Waals surface area contributed by atoms with Gasteiger partial charge in [-0.1, -0.05) is 6.07 Å². The zero-order valence-corrected chi connectivity index (χ0v) is 18.4. The van der Waals surface area contributed by atoms with Crippen LogP contribution in [0.2, 0.25) is 0 Å². The van der Waals surface area contributed by atoms with Gasteiger partial charge in [0.15, 0.2) is 0 Å². The molecule has 3 aromatic rings. The number of pyridine rings is 2. The lowest BCUT2D eigenvalue weighted by Crippen LogP contribution is -2.56. The molecule has 0 unspecified atom stereocenters. The number of hydrogen-bond acceptors (Lipinski definition) is 6. The molecule has 34 heavy (non-hydrogen) atoms. The fourth-order valence-corrected chi connectivity index (χ4v) is 5.02. The minimum atomic E-state index is -0.715. The number of nitrogens with zero attached hydrogens (tertiary/aromatic N) is 3. The molecule has 1 aromatic carbocycles. The predicted molar refractivity (Wildman–Crippen MR) is 123 cm³/mol. The second-order valence-electron chi connectivity index (χ2n) is 8.99. The van der Waals surface area contributed by atoms with Gasteiger partial charge in [-0.25, -0.2) is 18.7 Å². The van der Waals surface area contributed by atoms with E-state index in [1.807, 2.05) is 12.1 Å². The van der Waals surface area contributed by atoms with E-state index in [-0.39, 0.29) is 29.3 Å². The number of fused-ring (bicyclic) bond motifs is 1. The summed E-state index contributed by atoms with van der Waals surface area (Å²) >= 11 is 0. The van der Waals surface area contributed by atoms with Crippen LogP contribution in [-0.2, 0) is 11.3 Å². The van der Waals surface area contributed by atoms with E-state index in [1.54, 1.807) is 6.20 Å². The van der Waals surface area contributed by atoms with Crippen molar-refractivity contribution in [3.63, 3.8) is 0 Å². The molecule has 0 saturated carbocycles. The van der Waals surface area contributed by atoms with Gasteiger partial charge in [0, 0.05) is 19.5 Å². The monoisotopic (exact) mass is 463 g/mol. The molecular formula is C25H23F2N5O2. The first kappa shape index (κ1) is 21.0. The van der Waals surface area contributed by atoms with Crippen LogP contribution in [0.3, 0.4) is 0 Å². The molecule has 2 fully saturated rings. The van der Waals surface area contributed by atoms with Gasteiger partial charge in [0.05, 0.1) is 58.8 Å². The lowest BCUT2D eigenvalue weighted by molar-refractivity contribution is -0.150. The van der Waals surface area contributed by atoms with E-state index in [1.165, 1.54) is 24.3 Å². The Morgan fingerprint density at radius 1 is 1.12 bits per heavy atom. The molecule has 174 valence electrons. The highest BCUT2D eigenvalue weighted by Gasteiger charge is 2.42. The quantitative estimate of drug-likeness (QED) is 0.605. The molecule has 2 N–H and O–H groups in total. The molecule has 5 heterocycles. The maximum atomic E-state index is 14.4. The van der Waals surface area contributed by atoms with Crippen molar-refractivity contribution in [1.82, 2.24) is 15.3 Å². The van der Waals surface area contributed by atoms with E-state index in [2.05, 4.69) is 25.5 Å². The van der Waals surface area contributed by atoms with Crippen LogP contribution in [0.1, 0.15) is 35.3 Å². The van der Waals surface area contributed by atoms with Crippen molar-refractivity contribution in [1.29, 1.82) is 0 Å².